The van der Waals surface area contributed by atoms with Crippen LogP contribution in [-0.2, 0) is 9.59 Å². The van der Waals surface area contributed by atoms with Gasteiger partial charge < -0.3 is 10.1 Å². The number of ether oxygens (including phenoxy) is 1. The number of nitrogens with one attached hydrogen (secondary N) is 2. The minimum Gasteiger partial charge on any atom is -0.493 e. The van der Waals surface area contributed by atoms with Gasteiger partial charge in [-0.15, -0.1) is 0 Å². The Kier molecular flexibility index (Phi) is 7.26. The zero-order valence-corrected chi connectivity index (χ0v) is 14.1. The SMILES string of the molecule is CCOc1ccccc1C=NNC(=O)C(=O)NC1CCCCCC1. The molecule has 0 atom stereocenters. The highest BCUT2D eigenvalue weighted by Gasteiger charge is 2.19. The first kappa shape index (κ1) is 18.0. The van der Waals surface area contributed by atoms with Gasteiger partial charge in [0.05, 0.1) is 12.8 Å². The van der Waals surface area contributed by atoms with Crippen molar-refractivity contribution >= 4 is 18.0 Å². The number of amides is 2. The minimum absolute atomic E-state index is 0.0911. The van der Waals surface area contributed by atoms with Gasteiger partial charge in [-0.05, 0) is 31.9 Å². The van der Waals surface area contributed by atoms with Gasteiger partial charge in [-0.1, -0.05) is 37.8 Å². The summed E-state index contributed by atoms with van der Waals surface area (Å²) in [6.45, 7) is 2.44. The molecule has 0 spiro atoms. The number of nitrogens with zero attached hydrogens (tertiary/aromatic N) is 1. The fourth-order valence-electron chi connectivity index (χ4n) is 2.76. The van der Waals surface area contributed by atoms with E-state index in [9.17, 15) is 9.59 Å². The van der Waals surface area contributed by atoms with Gasteiger partial charge in [0.15, 0.2) is 0 Å². The molecule has 1 aliphatic rings. The van der Waals surface area contributed by atoms with E-state index in [1.54, 1.807) is 0 Å². The molecule has 0 aliphatic heterocycles. The summed E-state index contributed by atoms with van der Waals surface area (Å²) in [4.78, 5) is 23.7. The van der Waals surface area contributed by atoms with E-state index < -0.39 is 11.8 Å². The first-order valence-electron chi connectivity index (χ1n) is 8.56. The summed E-state index contributed by atoms with van der Waals surface area (Å²) >= 11 is 0. The Morgan fingerprint density at radius 2 is 1.88 bits per heavy atom. The zero-order chi connectivity index (χ0) is 17.2. The monoisotopic (exact) mass is 331 g/mol. The number of para-hydroxylation sites is 1. The third-order valence-corrected chi connectivity index (χ3v) is 3.99. The lowest BCUT2D eigenvalue weighted by atomic mass is 10.1. The molecule has 0 heterocycles. The molecular weight excluding hydrogens is 306 g/mol. The van der Waals surface area contributed by atoms with E-state index in [-0.39, 0.29) is 6.04 Å². The van der Waals surface area contributed by atoms with Gasteiger partial charge in [0.25, 0.3) is 0 Å². The maximum Gasteiger partial charge on any atom is 0.329 e. The molecule has 0 aromatic heterocycles. The van der Waals surface area contributed by atoms with E-state index in [0.717, 1.165) is 31.2 Å². The summed E-state index contributed by atoms with van der Waals surface area (Å²) in [6.07, 6.45) is 7.93. The van der Waals surface area contributed by atoms with Crippen LogP contribution in [0.2, 0.25) is 0 Å². The quantitative estimate of drug-likeness (QED) is 0.376. The number of hydrazone groups is 1. The zero-order valence-electron chi connectivity index (χ0n) is 14.1. The predicted octanol–water partition coefficient (Wildman–Crippen LogP) is 2.37. The molecule has 0 saturated heterocycles. The highest BCUT2D eigenvalue weighted by molar-refractivity contribution is 6.35. The van der Waals surface area contributed by atoms with Gasteiger partial charge in [0.2, 0.25) is 0 Å². The number of hydrogen-bond donors (Lipinski definition) is 2. The van der Waals surface area contributed by atoms with Crippen molar-refractivity contribution in [2.45, 2.75) is 51.5 Å². The van der Waals surface area contributed by atoms with Crippen LogP contribution in [0.5, 0.6) is 5.75 Å². The number of carbonyl (C=O) groups is 2. The lowest BCUT2D eigenvalue weighted by molar-refractivity contribution is -0.139. The topological polar surface area (TPSA) is 79.8 Å². The van der Waals surface area contributed by atoms with Gasteiger partial charge in [-0.2, -0.15) is 5.10 Å². The standard InChI is InChI=1S/C18H25N3O3/c1-2-24-16-12-8-7-9-14(16)13-19-21-18(23)17(22)20-15-10-5-3-4-6-11-15/h7-9,12-13,15H,2-6,10-11H2,1H3,(H,20,22)(H,21,23). The van der Waals surface area contributed by atoms with Crippen LogP contribution in [0, 0.1) is 0 Å². The lowest BCUT2D eigenvalue weighted by Crippen LogP contribution is -2.43. The minimum atomic E-state index is -0.746. The molecule has 2 N–H and O–H groups in total. The van der Waals surface area contributed by atoms with E-state index in [4.69, 9.17) is 4.74 Å². The molecule has 0 bridgehead atoms. The lowest BCUT2D eigenvalue weighted by Gasteiger charge is -2.15. The maximum atomic E-state index is 11.9. The fraction of sp³-hybridized carbons (Fsp3) is 0.500. The van der Waals surface area contributed by atoms with Crippen molar-refractivity contribution in [3.8, 4) is 5.75 Å². The van der Waals surface area contributed by atoms with Crippen molar-refractivity contribution in [2.24, 2.45) is 5.10 Å². The maximum absolute atomic E-state index is 11.9. The molecular formula is C18H25N3O3. The molecule has 0 radical (unpaired) electrons. The molecule has 1 saturated carbocycles. The van der Waals surface area contributed by atoms with Crippen LogP contribution < -0.4 is 15.5 Å². The Labute approximate surface area is 142 Å². The van der Waals surface area contributed by atoms with Crippen LogP contribution in [0.15, 0.2) is 29.4 Å². The smallest absolute Gasteiger partial charge is 0.329 e. The Morgan fingerprint density at radius 1 is 1.17 bits per heavy atom. The van der Waals surface area contributed by atoms with Crippen molar-refractivity contribution in [1.29, 1.82) is 0 Å². The normalized spacial score (nSPS) is 15.7. The van der Waals surface area contributed by atoms with E-state index in [1.807, 2.05) is 31.2 Å². The summed E-state index contributed by atoms with van der Waals surface area (Å²) < 4.78 is 5.47. The largest absolute Gasteiger partial charge is 0.493 e. The molecule has 6 heteroatoms. The van der Waals surface area contributed by atoms with Gasteiger partial charge >= 0.3 is 11.8 Å². The molecule has 1 aromatic carbocycles. The molecule has 130 valence electrons. The molecule has 24 heavy (non-hydrogen) atoms. The van der Waals surface area contributed by atoms with Crippen LogP contribution in [-0.4, -0.2) is 30.7 Å². The third kappa shape index (κ3) is 5.68. The Hall–Kier alpha value is -2.37. The van der Waals surface area contributed by atoms with Crippen LogP contribution in [0.25, 0.3) is 0 Å². The molecule has 2 rings (SSSR count). The molecule has 6 nitrogen and oxygen atoms in total. The molecule has 1 aliphatic carbocycles. The highest BCUT2D eigenvalue weighted by atomic mass is 16.5. The van der Waals surface area contributed by atoms with Gasteiger partial charge in [-0.25, -0.2) is 5.43 Å². The second-order valence-electron chi connectivity index (χ2n) is 5.83. The molecule has 0 unspecified atom stereocenters. The second kappa shape index (κ2) is 9.70. The summed E-state index contributed by atoms with van der Waals surface area (Å²) in [5.41, 5.74) is 3.01. The van der Waals surface area contributed by atoms with Crippen molar-refractivity contribution in [1.82, 2.24) is 10.7 Å². The van der Waals surface area contributed by atoms with E-state index in [0.29, 0.717) is 12.4 Å². The van der Waals surface area contributed by atoms with Crippen molar-refractivity contribution in [3.63, 3.8) is 0 Å². The highest BCUT2D eigenvalue weighted by Crippen LogP contribution is 2.17. The van der Waals surface area contributed by atoms with Crippen molar-refractivity contribution < 1.29 is 14.3 Å². The Bertz CT molecular complexity index is 579. The van der Waals surface area contributed by atoms with Gasteiger partial charge in [0.1, 0.15) is 5.75 Å². The van der Waals surface area contributed by atoms with E-state index in [2.05, 4.69) is 15.8 Å². The fourth-order valence-corrected chi connectivity index (χ4v) is 2.76. The number of carbonyl (C=O) groups excluding carboxylic acids is 2. The van der Waals surface area contributed by atoms with E-state index in [1.165, 1.54) is 19.1 Å². The van der Waals surface area contributed by atoms with E-state index >= 15 is 0 Å². The average Bonchev–Trinajstić information content (AvgIpc) is 2.85. The first-order chi connectivity index (χ1) is 11.7. The predicted molar refractivity (Wildman–Crippen MR) is 93.0 cm³/mol. The number of rotatable bonds is 5. The van der Waals surface area contributed by atoms with Crippen LogP contribution in [0.3, 0.4) is 0 Å². The molecule has 2 amide bonds. The molecule has 1 aromatic rings. The van der Waals surface area contributed by atoms with Crippen LogP contribution in [0.4, 0.5) is 0 Å². The van der Waals surface area contributed by atoms with Gasteiger partial charge in [0, 0.05) is 11.6 Å². The number of benzene rings is 1. The first-order valence-corrected chi connectivity index (χ1v) is 8.56. The van der Waals surface area contributed by atoms with Crippen LogP contribution in [0.1, 0.15) is 51.0 Å². The second-order valence-corrected chi connectivity index (χ2v) is 5.83. The van der Waals surface area contributed by atoms with Crippen molar-refractivity contribution in [2.75, 3.05) is 6.61 Å². The Morgan fingerprint density at radius 3 is 2.58 bits per heavy atom. The van der Waals surface area contributed by atoms with Crippen LogP contribution >= 0.6 is 0 Å². The summed E-state index contributed by atoms with van der Waals surface area (Å²) in [6, 6.07) is 7.46. The summed E-state index contributed by atoms with van der Waals surface area (Å²) in [5.74, 6) is -0.692. The molecule has 1 fully saturated rings. The summed E-state index contributed by atoms with van der Waals surface area (Å²) in [7, 11) is 0. The average molecular weight is 331 g/mol. The van der Waals surface area contributed by atoms with Crippen molar-refractivity contribution in [3.05, 3.63) is 29.8 Å². The number of hydrogen-bond acceptors (Lipinski definition) is 4. The summed E-state index contributed by atoms with van der Waals surface area (Å²) in [5, 5.41) is 6.64. The Balaban J connectivity index is 1.84. The third-order valence-electron chi connectivity index (χ3n) is 3.99. The van der Waals surface area contributed by atoms with Gasteiger partial charge in [-0.3, -0.25) is 9.59 Å².